The van der Waals surface area contributed by atoms with Crippen molar-refractivity contribution in [1.29, 1.82) is 0 Å². The molecule has 0 bridgehead atoms. The minimum absolute atomic E-state index is 0.182. The minimum Gasteiger partial charge on any atom is -0.464 e. The van der Waals surface area contributed by atoms with Crippen LogP contribution >= 0.6 is 11.8 Å². The molecule has 2 aromatic rings. The number of hydrogen-bond acceptors (Lipinski definition) is 5. The Morgan fingerprint density at radius 3 is 2.58 bits per heavy atom. The van der Waals surface area contributed by atoms with Crippen LogP contribution < -0.4 is 5.73 Å². The number of benzene rings is 1. The third-order valence-electron chi connectivity index (χ3n) is 2.31. The summed E-state index contributed by atoms with van der Waals surface area (Å²) in [7, 11) is 1.28. The minimum atomic E-state index is -0.527. The van der Waals surface area contributed by atoms with Crippen molar-refractivity contribution in [3.05, 3.63) is 47.9 Å². The van der Waals surface area contributed by atoms with E-state index in [0.717, 1.165) is 4.90 Å². The van der Waals surface area contributed by atoms with E-state index in [0.29, 0.717) is 10.7 Å². The van der Waals surface area contributed by atoms with E-state index in [-0.39, 0.29) is 11.5 Å². The van der Waals surface area contributed by atoms with Gasteiger partial charge < -0.3 is 10.5 Å². The molecule has 1 aromatic heterocycles. The molecule has 0 saturated carbocycles. The fourth-order valence-electron chi connectivity index (χ4n) is 1.37. The summed E-state index contributed by atoms with van der Waals surface area (Å²) < 4.78 is 17.4. The SMILES string of the molecule is COC(=O)c1ccc(N)c(Sc2ccc(F)cc2)n1. The molecule has 0 radical (unpaired) electrons. The lowest BCUT2D eigenvalue weighted by Gasteiger charge is -2.06. The monoisotopic (exact) mass is 278 g/mol. The number of hydrogen-bond donors (Lipinski definition) is 1. The van der Waals surface area contributed by atoms with Crippen LogP contribution in [0.3, 0.4) is 0 Å². The Hall–Kier alpha value is -2.08. The Labute approximate surface area is 113 Å². The molecule has 0 saturated heterocycles. The van der Waals surface area contributed by atoms with E-state index in [4.69, 9.17) is 5.73 Å². The summed E-state index contributed by atoms with van der Waals surface area (Å²) >= 11 is 1.25. The van der Waals surface area contributed by atoms with Crippen LogP contribution in [0.4, 0.5) is 10.1 Å². The molecule has 2 N–H and O–H groups in total. The van der Waals surface area contributed by atoms with Gasteiger partial charge in [0.25, 0.3) is 0 Å². The first-order valence-corrected chi connectivity index (χ1v) is 6.20. The van der Waals surface area contributed by atoms with E-state index in [2.05, 4.69) is 9.72 Å². The number of nitrogen functional groups attached to an aromatic ring is 1. The Balaban J connectivity index is 2.28. The highest BCUT2D eigenvalue weighted by Crippen LogP contribution is 2.30. The standard InChI is InChI=1S/C13H11FN2O2S/c1-18-13(17)11-7-6-10(15)12(16-11)19-9-4-2-8(14)3-5-9/h2-7H,15H2,1H3. The highest BCUT2D eigenvalue weighted by molar-refractivity contribution is 7.99. The Bertz CT molecular complexity index is 602. The molecule has 0 aliphatic heterocycles. The van der Waals surface area contributed by atoms with E-state index >= 15 is 0 Å². The Kier molecular flexibility index (Phi) is 4.01. The highest BCUT2D eigenvalue weighted by atomic mass is 32.2. The summed E-state index contributed by atoms with van der Waals surface area (Å²) in [4.78, 5) is 16.3. The molecule has 19 heavy (non-hydrogen) atoms. The van der Waals surface area contributed by atoms with Gasteiger partial charge in [0.05, 0.1) is 12.8 Å². The van der Waals surface area contributed by atoms with E-state index in [1.54, 1.807) is 18.2 Å². The van der Waals surface area contributed by atoms with Gasteiger partial charge in [-0.2, -0.15) is 0 Å². The second kappa shape index (κ2) is 5.71. The third kappa shape index (κ3) is 3.23. The van der Waals surface area contributed by atoms with Gasteiger partial charge in [0.1, 0.15) is 16.5 Å². The summed E-state index contributed by atoms with van der Waals surface area (Å²) in [5, 5.41) is 0.481. The van der Waals surface area contributed by atoms with Crippen molar-refractivity contribution in [3.8, 4) is 0 Å². The number of anilines is 1. The molecule has 0 unspecified atom stereocenters. The summed E-state index contributed by atoms with van der Waals surface area (Å²) in [5.41, 5.74) is 6.43. The van der Waals surface area contributed by atoms with Gasteiger partial charge in [-0.05, 0) is 36.4 Å². The molecule has 6 heteroatoms. The smallest absolute Gasteiger partial charge is 0.356 e. The first-order valence-electron chi connectivity index (χ1n) is 5.38. The van der Waals surface area contributed by atoms with Gasteiger partial charge in [0, 0.05) is 4.90 Å². The van der Waals surface area contributed by atoms with Crippen molar-refractivity contribution in [2.45, 2.75) is 9.92 Å². The van der Waals surface area contributed by atoms with E-state index in [1.165, 1.54) is 37.1 Å². The summed E-state index contributed by atoms with van der Waals surface area (Å²) in [6.07, 6.45) is 0. The van der Waals surface area contributed by atoms with Crippen molar-refractivity contribution < 1.29 is 13.9 Å². The molecule has 0 aliphatic rings. The number of esters is 1. The highest BCUT2D eigenvalue weighted by Gasteiger charge is 2.11. The molecule has 4 nitrogen and oxygen atoms in total. The fourth-order valence-corrected chi connectivity index (χ4v) is 2.19. The van der Waals surface area contributed by atoms with Gasteiger partial charge in [-0.1, -0.05) is 11.8 Å². The molecule has 1 aromatic carbocycles. The van der Waals surface area contributed by atoms with Gasteiger partial charge in [-0.25, -0.2) is 14.2 Å². The summed E-state index contributed by atoms with van der Waals surface area (Å²) in [6, 6.07) is 9.02. The van der Waals surface area contributed by atoms with Crippen LogP contribution in [0.1, 0.15) is 10.5 Å². The predicted octanol–water partition coefficient (Wildman–Crippen LogP) is 2.74. The first-order chi connectivity index (χ1) is 9.10. The maximum absolute atomic E-state index is 12.8. The average molecular weight is 278 g/mol. The molecule has 2 rings (SSSR count). The number of methoxy groups -OCH3 is 1. The first kappa shape index (κ1) is 13.4. The van der Waals surface area contributed by atoms with Crippen LogP contribution in [0.15, 0.2) is 46.3 Å². The summed E-state index contributed by atoms with van der Waals surface area (Å²) in [5.74, 6) is -0.838. The third-order valence-corrected chi connectivity index (χ3v) is 3.34. The Morgan fingerprint density at radius 2 is 1.95 bits per heavy atom. The van der Waals surface area contributed by atoms with Crippen molar-refractivity contribution in [2.24, 2.45) is 0 Å². The second-order valence-corrected chi connectivity index (χ2v) is 4.70. The van der Waals surface area contributed by atoms with Gasteiger partial charge in [-0.15, -0.1) is 0 Å². The number of nitrogens with zero attached hydrogens (tertiary/aromatic N) is 1. The number of pyridine rings is 1. The Morgan fingerprint density at radius 1 is 1.26 bits per heavy atom. The van der Waals surface area contributed by atoms with Crippen molar-refractivity contribution >= 4 is 23.4 Å². The normalized spacial score (nSPS) is 10.2. The molecule has 98 valence electrons. The number of nitrogens with two attached hydrogens (primary N) is 1. The molecular formula is C13H11FN2O2S. The van der Waals surface area contributed by atoms with Gasteiger partial charge >= 0.3 is 5.97 Å². The number of carbonyl (C=O) groups is 1. The van der Waals surface area contributed by atoms with Crippen molar-refractivity contribution in [2.75, 3.05) is 12.8 Å². The second-order valence-electron chi connectivity index (χ2n) is 3.64. The van der Waals surface area contributed by atoms with Crippen LogP contribution in [0, 0.1) is 5.82 Å². The number of rotatable bonds is 3. The molecule has 1 heterocycles. The van der Waals surface area contributed by atoms with Crippen LogP contribution in [0.25, 0.3) is 0 Å². The van der Waals surface area contributed by atoms with Crippen molar-refractivity contribution in [1.82, 2.24) is 4.98 Å². The lowest BCUT2D eigenvalue weighted by Crippen LogP contribution is -2.05. The topological polar surface area (TPSA) is 65.2 Å². The lowest BCUT2D eigenvalue weighted by atomic mass is 10.3. The van der Waals surface area contributed by atoms with Crippen molar-refractivity contribution in [3.63, 3.8) is 0 Å². The summed E-state index contributed by atoms with van der Waals surface area (Å²) in [6.45, 7) is 0. The van der Waals surface area contributed by atoms with Gasteiger partial charge in [-0.3, -0.25) is 0 Å². The maximum atomic E-state index is 12.8. The number of ether oxygens (including phenoxy) is 1. The number of halogens is 1. The molecule has 0 spiro atoms. The van der Waals surface area contributed by atoms with Crippen LogP contribution in [-0.2, 0) is 4.74 Å². The molecular weight excluding hydrogens is 267 g/mol. The van der Waals surface area contributed by atoms with E-state index < -0.39 is 5.97 Å². The van der Waals surface area contributed by atoms with Crippen LogP contribution in [0.2, 0.25) is 0 Å². The zero-order valence-electron chi connectivity index (χ0n) is 10.1. The molecule has 0 atom stereocenters. The maximum Gasteiger partial charge on any atom is 0.356 e. The van der Waals surface area contributed by atoms with E-state index in [9.17, 15) is 9.18 Å². The number of carbonyl (C=O) groups excluding carboxylic acids is 1. The van der Waals surface area contributed by atoms with Gasteiger partial charge in [0.15, 0.2) is 0 Å². The van der Waals surface area contributed by atoms with Crippen LogP contribution in [0.5, 0.6) is 0 Å². The fraction of sp³-hybridized carbons (Fsp3) is 0.0769. The zero-order chi connectivity index (χ0) is 13.8. The average Bonchev–Trinajstić information content (AvgIpc) is 2.43. The van der Waals surface area contributed by atoms with E-state index in [1.807, 2.05) is 0 Å². The zero-order valence-corrected chi connectivity index (χ0v) is 10.9. The lowest BCUT2D eigenvalue weighted by molar-refractivity contribution is 0.0593. The molecule has 0 aliphatic carbocycles. The molecule has 0 fully saturated rings. The largest absolute Gasteiger partial charge is 0.464 e. The predicted molar refractivity (Wildman–Crippen MR) is 70.5 cm³/mol. The quantitative estimate of drug-likeness (QED) is 0.874. The number of aromatic nitrogens is 1. The molecule has 0 amide bonds. The van der Waals surface area contributed by atoms with Gasteiger partial charge in [0.2, 0.25) is 0 Å². The van der Waals surface area contributed by atoms with Crippen LogP contribution in [-0.4, -0.2) is 18.1 Å².